The van der Waals surface area contributed by atoms with E-state index >= 15 is 0 Å². The third-order valence-electron chi connectivity index (χ3n) is 4.41. The summed E-state index contributed by atoms with van der Waals surface area (Å²) in [6.07, 6.45) is 0.140. The fourth-order valence-corrected chi connectivity index (χ4v) is 2.92. The number of carboxylic acids is 1. The first kappa shape index (κ1) is 18.7. The Kier molecular flexibility index (Phi) is 5.61. The van der Waals surface area contributed by atoms with Gasteiger partial charge in [-0.1, -0.05) is 11.6 Å². The molecule has 2 aromatic carbocycles. The standard InChI is InChI=1S/C20H21NO6/c1-12-2-7-17(22)15(10-12)19(23)21-16-8-9-26-11-18(16)27-14-5-3-13(4-6-14)20(24)25/h2-7,10,16,18,22H,8-9,11H2,1H3,(H,21,23)(H,24,25)/t16-,18-/m1/s1. The number of rotatable bonds is 5. The van der Waals surface area contributed by atoms with E-state index < -0.39 is 12.1 Å². The summed E-state index contributed by atoms with van der Waals surface area (Å²) in [6.45, 7) is 2.63. The van der Waals surface area contributed by atoms with Crippen LogP contribution in [0.25, 0.3) is 0 Å². The fraction of sp³-hybridized carbons (Fsp3) is 0.300. The zero-order chi connectivity index (χ0) is 19.4. The van der Waals surface area contributed by atoms with Gasteiger partial charge in [-0.2, -0.15) is 0 Å². The molecule has 0 radical (unpaired) electrons. The molecular weight excluding hydrogens is 350 g/mol. The smallest absolute Gasteiger partial charge is 0.335 e. The van der Waals surface area contributed by atoms with Crippen molar-refractivity contribution in [2.45, 2.75) is 25.5 Å². The van der Waals surface area contributed by atoms with Crippen LogP contribution in [0.3, 0.4) is 0 Å². The lowest BCUT2D eigenvalue weighted by molar-refractivity contribution is -0.0135. The van der Waals surface area contributed by atoms with Gasteiger partial charge >= 0.3 is 5.97 Å². The van der Waals surface area contributed by atoms with Crippen LogP contribution in [-0.2, 0) is 4.74 Å². The minimum absolute atomic E-state index is 0.0770. The van der Waals surface area contributed by atoms with Gasteiger partial charge in [0.15, 0.2) is 0 Å². The van der Waals surface area contributed by atoms with Crippen LogP contribution in [0.5, 0.6) is 11.5 Å². The molecule has 7 nitrogen and oxygen atoms in total. The molecule has 0 bridgehead atoms. The van der Waals surface area contributed by atoms with Gasteiger partial charge in [-0.25, -0.2) is 4.79 Å². The Balaban J connectivity index is 1.70. The third kappa shape index (κ3) is 4.57. The number of nitrogens with one attached hydrogen (secondary N) is 1. The first-order valence-corrected chi connectivity index (χ1v) is 8.62. The first-order chi connectivity index (χ1) is 12.9. The highest BCUT2D eigenvalue weighted by molar-refractivity contribution is 5.97. The summed E-state index contributed by atoms with van der Waals surface area (Å²) in [5.41, 5.74) is 1.25. The molecule has 7 heteroatoms. The van der Waals surface area contributed by atoms with Gasteiger partial charge in [-0.05, 0) is 49.7 Å². The lowest BCUT2D eigenvalue weighted by Crippen LogP contribution is -2.51. The molecule has 2 atom stereocenters. The number of phenolic OH excluding ortho intramolecular Hbond substituents is 1. The number of amides is 1. The van der Waals surface area contributed by atoms with Crippen molar-refractivity contribution in [1.29, 1.82) is 0 Å². The van der Waals surface area contributed by atoms with Crippen molar-refractivity contribution >= 4 is 11.9 Å². The molecule has 0 aromatic heterocycles. The Morgan fingerprint density at radius 2 is 1.93 bits per heavy atom. The van der Waals surface area contributed by atoms with E-state index in [4.69, 9.17) is 14.6 Å². The zero-order valence-corrected chi connectivity index (χ0v) is 14.8. The maximum Gasteiger partial charge on any atom is 0.335 e. The quantitative estimate of drug-likeness (QED) is 0.745. The summed E-state index contributed by atoms with van der Waals surface area (Å²) >= 11 is 0. The van der Waals surface area contributed by atoms with Gasteiger partial charge < -0.3 is 25.0 Å². The van der Waals surface area contributed by atoms with Crippen LogP contribution >= 0.6 is 0 Å². The molecule has 0 aliphatic carbocycles. The number of aryl methyl sites for hydroxylation is 1. The molecule has 2 aromatic rings. The van der Waals surface area contributed by atoms with Gasteiger partial charge in [0.05, 0.1) is 23.8 Å². The van der Waals surface area contributed by atoms with Gasteiger partial charge in [0.1, 0.15) is 17.6 Å². The summed E-state index contributed by atoms with van der Waals surface area (Å²) in [5, 5.41) is 21.8. The maximum atomic E-state index is 12.6. The highest BCUT2D eigenvalue weighted by Gasteiger charge is 2.30. The third-order valence-corrected chi connectivity index (χ3v) is 4.41. The monoisotopic (exact) mass is 371 g/mol. The van der Waals surface area contributed by atoms with E-state index in [1.165, 1.54) is 18.2 Å². The molecule has 3 rings (SSSR count). The molecule has 0 unspecified atom stereocenters. The lowest BCUT2D eigenvalue weighted by Gasteiger charge is -2.32. The minimum atomic E-state index is -1.01. The minimum Gasteiger partial charge on any atom is -0.507 e. The highest BCUT2D eigenvalue weighted by atomic mass is 16.5. The number of ether oxygens (including phenoxy) is 2. The summed E-state index contributed by atoms with van der Waals surface area (Å²) in [7, 11) is 0. The number of carboxylic acid groups (broad SMARTS) is 1. The summed E-state index contributed by atoms with van der Waals surface area (Å²) in [5.74, 6) is -0.969. The van der Waals surface area contributed by atoms with Crippen molar-refractivity contribution < 1.29 is 29.3 Å². The van der Waals surface area contributed by atoms with Crippen LogP contribution in [0.2, 0.25) is 0 Å². The average Bonchev–Trinajstić information content (AvgIpc) is 2.65. The second-order valence-corrected chi connectivity index (χ2v) is 6.45. The SMILES string of the molecule is Cc1ccc(O)c(C(=O)N[C@@H]2CCOC[C@H]2Oc2ccc(C(=O)O)cc2)c1. The summed E-state index contributed by atoms with van der Waals surface area (Å²) < 4.78 is 11.4. The number of hydrogen-bond acceptors (Lipinski definition) is 5. The van der Waals surface area contributed by atoms with Gasteiger partial charge in [-0.3, -0.25) is 4.79 Å². The molecule has 27 heavy (non-hydrogen) atoms. The Morgan fingerprint density at radius 3 is 2.63 bits per heavy atom. The molecule has 1 aliphatic rings. The van der Waals surface area contributed by atoms with Crippen molar-refractivity contribution in [3.8, 4) is 11.5 Å². The van der Waals surface area contributed by atoms with Gasteiger partial charge in [0.2, 0.25) is 0 Å². The fourth-order valence-electron chi connectivity index (χ4n) is 2.92. The van der Waals surface area contributed by atoms with E-state index in [0.717, 1.165) is 5.56 Å². The van der Waals surface area contributed by atoms with Gasteiger partial charge in [-0.15, -0.1) is 0 Å². The summed E-state index contributed by atoms with van der Waals surface area (Å²) in [4.78, 5) is 23.5. The molecular formula is C20H21NO6. The number of hydrogen-bond donors (Lipinski definition) is 3. The molecule has 1 fully saturated rings. The number of benzene rings is 2. The van der Waals surface area contributed by atoms with Gasteiger partial charge in [0.25, 0.3) is 5.91 Å². The highest BCUT2D eigenvalue weighted by Crippen LogP contribution is 2.21. The number of carbonyl (C=O) groups excluding carboxylic acids is 1. The van der Waals surface area contributed by atoms with Crippen LogP contribution in [-0.4, -0.2) is 47.4 Å². The Morgan fingerprint density at radius 1 is 1.19 bits per heavy atom. The van der Waals surface area contributed by atoms with E-state index in [1.54, 1.807) is 24.3 Å². The predicted octanol–water partition coefficient (Wildman–Crippen LogP) is 2.37. The topological polar surface area (TPSA) is 105 Å². The van der Waals surface area contributed by atoms with Crippen molar-refractivity contribution in [3.63, 3.8) is 0 Å². The second-order valence-electron chi connectivity index (χ2n) is 6.45. The Labute approximate surface area is 156 Å². The lowest BCUT2D eigenvalue weighted by atomic mass is 10.0. The van der Waals surface area contributed by atoms with Crippen LogP contribution in [0.4, 0.5) is 0 Å². The number of aromatic hydroxyl groups is 1. The van der Waals surface area contributed by atoms with E-state index in [9.17, 15) is 14.7 Å². The van der Waals surface area contributed by atoms with Crippen LogP contribution in [0.1, 0.15) is 32.7 Å². The number of carbonyl (C=O) groups is 2. The normalized spacial score (nSPS) is 19.3. The van der Waals surface area contributed by atoms with Crippen molar-refractivity contribution in [2.24, 2.45) is 0 Å². The molecule has 1 heterocycles. The zero-order valence-electron chi connectivity index (χ0n) is 14.8. The second kappa shape index (κ2) is 8.09. The average molecular weight is 371 g/mol. The summed E-state index contributed by atoms with van der Waals surface area (Å²) in [6, 6.07) is 10.6. The molecule has 142 valence electrons. The maximum absolute atomic E-state index is 12.6. The molecule has 0 saturated carbocycles. The molecule has 1 aliphatic heterocycles. The molecule has 1 amide bonds. The largest absolute Gasteiger partial charge is 0.507 e. The van der Waals surface area contributed by atoms with Crippen LogP contribution in [0.15, 0.2) is 42.5 Å². The first-order valence-electron chi connectivity index (χ1n) is 8.62. The van der Waals surface area contributed by atoms with Crippen molar-refractivity contribution in [1.82, 2.24) is 5.32 Å². The van der Waals surface area contributed by atoms with E-state index in [1.807, 2.05) is 6.92 Å². The Bertz CT molecular complexity index is 833. The van der Waals surface area contributed by atoms with Crippen molar-refractivity contribution in [3.05, 3.63) is 59.2 Å². The van der Waals surface area contributed by atoms with Crippen molar-refractivity contribution in [2.75, 3.05) is 13.2 Å². The van der Waals surface area contributed by atoms with E-state index in [-0.39, 0.29) is 28.8 Å². The molecule has 3 N–H and O–H groups in total. The molecule has 1 saturated heterocycles. The number of phenols is 1. The van der Waals surface area contributed by atoms with E-state index in [0.29, 0.717) is 25.4 Å². The predicted molar refractivity (Wildman–Crippen MR) is 97.4 cm³/mol. The van der Waals surface area contributed by atoms with E-state index in [2.05, 4.69) is 5.32 Å². The number of aromatic carboxylic acids is 1. The molecule has 0 spiro atoms. The van der Waals surface area contributed by atoms with Crippen LogP contribution < -0.4 is 10.1 Å². The van der Waals surface area contributed by atoms with Crippen LogP contribution in [0, 0.1) is 6.92 Å². The van der Waals surface area contributed by atoms with Gasteiger partial charge in [0, 0.05) is 6.61 Å². The Hall–Kier alpha value is -3.06.